The molecular formula is C10H13N5O2. The van der Waals surface area contributed by atoms with Crippen LogP contribution in [-0.2, 0) is 9.59 Å². The maximum atomic E-state index is 11.3. The number of primary amides is 1. The molecule has 0 spiro atoms. The Balaban J connectivity index is 1.95. The summed E-state index contributed by atoms with van der Waals surface area (Å²) in [5.74, 6) is -0.897. The van der Waals surface area contributed by atoms with E-state index in [4.69, 9.17) is 5.73 Å². The van der Waals surface area contributed by atoms with Gasteiger partial charge in [0, 0.05) is 38.6 Å². The molecule has 2 rings (SSSR count). The summed E-state index contributed by atoms with van der Waals surface area (Å²) < 4.78 is 0. The number of rotatable bonds is 1. The maximum Gasteiger partial charge on any atom is 0.311 e. The molecular weight excluding hydrogens is 222 g/mol. The molecule has 1 aromatic heterocycles. The summed E-state index contributed by atoms with van der Waals surface area (Å²) in [5, 5.41) is 0. The van der Waals surface area contributed by atoms with Crippen molar-refractivity contribution in [2.75, 3.05) is 31.1 Å². The van der Waals surface area contributed by atoms with Crippen molar-refractivity contribution >= 4 is 17.8 Å². The van der Waals surface area contributed by atoms with Crippen molar-refractivity contribution in [3.05, 3.63) is 18.5 Å². The van der Waals surface area contributed by atoms with E-state index in [0.717, 1.165) is 0 Å². The first kappa shape index (κ1) is 11.3. The van der Waals surface area contributed by atoms with Crippen LogP contribution in [0.2, 0.25) is 0 Å². The number of anilines is 1. The second-order valence-electron chi connectivity index (χ2n) is 3.69. The average molecular weight is 235 g/mol. The van der Waals surface area contributed by atoms with Crippen LogP contribution in [0.15, 0.2) is 18.5 Å². The fourth-order valence-corrected chi connectivity index (χ4v) is 1.72. The lowest BCUT2D eigenvalue weighted by molar-refractivity contribution is -0.144. The molecule has 2 heterocycles. The second kappa shape index (κ2) is 4.77. The molecule has 0 unspecified atom stereocenters. The van der Waals surface area contributed by atoms with Gasteiger partial charge in [0.15, 0.2) is 0 Å². The zero-order valence-corrected chi connectivity index (χ0v) is 9.24. The van der Waals surface area contributed by atoms with Crippen LogP contribution in [-0.4, -0.2) is 52.9 Å². The third-order valence-corrected chi connectivity index (χ3v) is 2.61. The van der Waals surface area contributed by atoms with Gasteiger partial charge < -0.3 is 15.5 Å². The summed E-state index contributed by atoms with van der Waals surface area (Å²) in [6.45, 7) is 2.12. The topological polar surface area (TPSA) is 92.4 Å². The Morgan fingerprint density at radius 1 is 1.12 bits per heavy atom. The molecule has 1 saturated heterocycles. The highest BCUT2D eigenvalue weighted by Crippen LogP contribution is 2.09. The predicted molar refractivity (Wildman–Crippen MR) is 60.0 cm³/mol. The Morgan fingerprint density at radius 3 is 2.24 bits per heavy atom. The highest BCUT2D eigenvalue weighted by Gasteiger charge is 2.24. The van der Waals surface area contributed by atoms with E-state index in [1.165, 1.54) is 4.90 Å². The fraction of sp³-hybridized carbons (Fsp3) is 0.400. The van der Waals surface area contributed by atoms with E-state index in [-0.39, 0.29) is 0 Å². The van der Waals surface area contributed by atoms with Gasteiger partial charge in [-0.3, -0.25) is 9.59 Å². The van der Waals surface area contributed by atoms with Crippen LogP contribution in [0.4, 0.5) is 5.95 Å². The number of nitrogens with two attached hydrogens (primary N) is 1. The number of carbonyl (C=O) groups is 2. The van der Waals surface area contributed by atoms with Gasteiger partial charge >= 0.3 is 11.8 Å². The van der Waals surface area contributed by atoms with Gasteiger partial charge in [-0.25, -0.2) is 9.97 Å². The van der Waals surface area contributed by atoms with Crippen LogP contribution >= 0.6 is 0 Å². The highest BCUT2D eigenvalue weighted by atomic mass is 16.2. The smallest absolute Gasteiger partial charge is 0.311 e. The second-order valence-corrected chi connectivity index (χ2v) is 3.69. The molecule has 1 fully saturated rings. The SMILES string of the molecule is NC(=O)C(=O)N1CCN(c2ncccn2)CC1. The molecule has 90 valence electrons. The van der Waals surface area contributed by atoms with Crippen LogP contribution in [0, 0.1) is 0 Å². The first-order valence-corrected chi connectivity index (χ1v) is 5.29. The van der Waals surface area contributed by atoms with Gasteiger partial charge in [-0.15, -0.1) is 0 Å². The summed E-state index contributed by atoms with van der Waals surface area (Å²) >= 11 is 0. The van der Waals surface area contributed by atoms with Gasteiger partial charge in [-0.05, 0) is 6.07 Å². The minimum absolute atomic E-state index is 0.458. The van der Waals surface area contributed by atoms with Gasteiger partial charge in [0.25, 0.3) is 0 Å². The largest absolute Gasteiger partial charge is 0.361 e. The van der Waals surface area contributed by atoms with E-state index in [1.807, 2.05) is 4.90 Å². The van der Waals surface area contributed by atoms with Crippen LogP contribution < -0.4 is 10.6 Å². The Hall–Kier alpha value is -2.18. The zero-order chi connectivity index (χ0) is 12.3. The van der Waals surface area contributed by atoms with E-state index in [1.54, 1.807) is 18.5 Å². The van der Waals surface area contributed by atoms with E-state index in [9.17, 15) is 9.59 Å². The minimum Gasteiger partial charge on any atom is -0.361 e. The van der Waals surface area contributed by atoms with Crippen LogP contribution in [0.25, 0.3) is 0 Å². The molecule has 1 aliphatic heterocycles. The van der Waals surface area contributed by atoms with Gasteiger partial charge in [-0.1, -0.05) is 0 Å². The summed E-state index contributed by atoms with van der Waals surface area (Å²) in [5.41, 5.74) is 4.94. The van der Waals surface area contributed by atoms with Crippen molar-refractivity contribution in [3.8, 4) is 0 Å². The van der Waals surface area contributed by atoms with E-state index in [0.29, 0.717) is 32.1 Å². The average Bonchev–Trinajstić information content (AvgIpc) is 2.39. The van der Waals surface area contributed by atoms with E-state index < -0.39 is 11.8 Å². The molecule has 0 aromatic carbocycles. The molecule has 0 radical (unpaired) electrons. The number of carbonyl (C=O) groups excluding carboxylic acids is 2. The first-order chi connectivity index (χ1) is 8.18. The van der Waals surface area contributed by atoms with Crippen molar-refractivity contribution in [3.63, 3.8) is 0 Å². The predicted octanol–water partition coefficient (Wildman–Crippen LogP) is -1.39. The molecule has 1 aromatic rings. The summed E-state index contributed by atoms with van der Waals surface area (Å²) in [6, 6.07) is 1.75. The molecule has 0 aliphatic carbocycles. The number of nitrogens with zero attached hydrogens (tertiary/aromatic N) is 4. The molecule has 2 amide bonds. The molecule has 2 N–H and O–H groups in total. The Morgan fingerprint density at radius 2 is 1.71 bits per heavy atom. The molecule has 7 nitrogen and oxygen atoms in total. The van der Waals surface area contributed by atoms with E-state index in [2.05, 4.69) is 9.97 Å². The van der Waals surface area contributed by atoms with Crippen molar-refractivity contribution < 1.29 is 9.59 Å². The van der Waals surface area contributed by atoms with Crippen molar-refractivity contribution in [1.29, 1.82) is 0 Å². The molecule has 7 heteroatoms. The van der Waals surface area contributed by atoms with Crippen molar-refractivity contribution in [2.45, 2.75) is 0 Å². The lowest BCUT2D eigenvalue weighted by Crippen LogP contribution is -2.52. The Labute approximate surface area is 98.2 Å². The maximum absolute atomic E-state index is 11.3. The van der Waals surface area contributed by atoms with Gasteiger partial charge in [0.2, 0.25) is 5.95 Å². The summed E-state index contributed by atoms with van der Waals surface area (Å²) in [4.78, 5) is 33.7. The van der Waals surface area contributed by atoms with Crippen LogP contribution in [0.5, 0.6) is 0 Å². The third kappa shape index (κ3) is 2.49. The van der Waals surface area contributed by atoms with Crippen molar-refractivity contribution in [2.24, 2.45) is 5.73 Å². The quantitative estimate of drug-likeness (QED) is 0.605. The zero-order valence-electron chi connectivity index (χ0n) is 9.24. The van der Waals surface area contributed by atoms with Crippen molar-refractivity contribution in [1.82, 2.24) is 14.9 Å². The first-order valence-electron chi connectivity index (χ1n) is 5.29. The number of piperazine rings is 1. The van der Waals surface area contributed by atoms with Crippen LogP contribution in [0.3, 0.4) is 0 Å². The van der Waals surface area contributed by atoms with Gasteiger partial charge in [0.1, 0.15) is 0 Å². The monoisotopic (exact) mass is 235 g/mol. The van der Waals surface area contributed by atoms with Gasteiger partial charge in [-0.2, -0.15) is 0 Å². The number of hydrogen-bond acceptors (Lipinski definition) is 5. The van der Waals surface area contributed by atoms with Gasteiger partial charge in [0.05, 0.1) is 0 Å². The Bertz CT molecular complexity index is 414. The molecule has 0 saturated carbocycles. The molecule has 0 atom stereocenters. The Kier molecular flexibility index (Phi) is 3.17. The lowest BCUT2D eigenvalue weighted by atomic mass is 10.3. The lowest BCUT2D eigenvalue weighted by Gasteiger charge is -2.33. The standard InChI is InChI=1S/C10H13N5O2/c11-8(16)9(17)14-4-6-15(7-5-14)10-12-2-1-3-13-10/h1-3H,4-7H2,(H2,11,16). The fourth-order valence-electron chi connectivity index (χ4n) is 1.72. The van der Waals surface area contributed by atoms with Crippen LogP contribution in [0.1, 0.15) is 0 Å². The number of amides is 2. The number of aromatic nitrogens is 2. The molecule has 17 heavy (non-hydrogen) atoms. The van der Waals surface area contributed by atoms with E-state index >= 15 is 0 Å². The summed E-state index contributed by atoms with van der Waals surface area (Å²) in [7, 11) is 0. The highest BCUT2D eigenvalue weighted by molar-refractivity contribution is 6.34. The summed E-state index contributed by atoms with van der Waals surface area (Å²) in [6.07, 6.45) is 3.34. The normalized spacial score (nSPS) is 15.8. The molecule has 0 bridgehead atoms. The minimum atomic E-state index is -0.908. The third-order valence-electron chi connectivity index (χ3n) is 2.61. The molecule has 1 aliphatic rings. The number of hydrogen-bond donors (Lipinski definition) is 1.